The van der Waals surface area contributed by atoms with E-state index >= 15 is 0 Å². The van der Waals surface area contributed by atoms with E-state index in [-0.39, 0.29) is 15.6 Å². The molecule has 0 saturated carbocycles. The lowest BCUT2D eigenvalue weighted by atomic mass is 10.2. The number of benzene rings is 2. The van der Waals surface area contributed by atoms with Gasteiger partial charge < -0.3 is 19.8 Å². The van der Waals surface area contributed by atoms with Crippen LogP contribution in [-0.4, -0.2) is 32.7 Å². The molecular formula is C20H20N4O7S2. The first-order chi connectivity index (χ1) is 15.4. The largest absolute Gasteiger partial charge is 0.390 e. The molecule has 1 heterocycles. The van der Waals surface area contributed by atoms with Gasteiger partial charge >= 0.3 is 20.2 Å². The van der Waals surface area contributed by atoms with Gasteiger partial charge in [-0.05, 0) is 38.1 Å². The molecule has 0 bridgehead atoms. The highest BCUT2D eigenvalue weighted by Crippen LogP contribution is 2.32. The van der Waals surface area contributed by atoms with Gasteiger partial charge in [0.25, 0.3) is 11.8 Å². The van der Waals surface area contributed by atoms with Crippen molar-refractivity contribution in [3.05, 3.63) is 65.5 Å². The van der Waals surface area contributed by atoms with Crippen LogP contribution in [0.25, 0.3) is 0 Å². The van der Waals surface area contributed by atoms with Crippen LogP contribution in [0.2, 0.25) is 0 Å². The van der Waals surface area contributed by atoms with Gasteiger partial charge in [0.2, 0.25) is 5.91 Å². The predicted molar refractivity (Wildman–Crippen MR) is 117 cm³/mol. The minimum absolute atomic E-state index is 0.197. The summed E-state index contributed by atoms with van der Waals surface area (Å²) in [5, 5.41) is 0. The van der Waals surface area contributed by atoms with Gasteiger partial charge in [-0.2, -0.15) is 26.8 Å². The van der Waals surface area contributed by atoms with Crippen molar-refractivity contribution in [1.82, 2.24) is 9.97 Å². The number of anilines is 1. The van der Waals surface area contributed by atoms with Gasteiger partial charge in [0.1, 0.15) is 15.6 Å². The lowest BCUT2D eigenvalue weighted by Crippen LogP contribution is -2.20. The second-order valence-corrected chi connectivity index (χ2v) is 10.1. The summed E-state index contributed by atoms with van der Waals surface area (Å²) in [4.78, 5) is 18.6. The van der Waals surface area contributed by atoms with E-state index in [1.54, 1.807) is 38.1 Å². The summed E-state index contributed by atoms with van der Waals surface area (Å²) in [6.07, 6.45) is -0.553. The van der Waals surface area contributed by atoms with Crippen LogP contribution >= 0.6 is 0 Å². The summed E-state index contributed by atoms with van der Waals surface area (Å²) >= 11 is 0. The molecule has 174 valence electrons. The first-order valence-corrected chi connectivity index (χ1v) is 12.2. The quantitative estimate of drug-likeness (QED) is 0.434. The number of rotatable bonds is 8. The molecule has 0 aliphatic heterocycles. The fraction of sp³-hybridized carbons (Fsp3) is 0.150. The van der Waals surface area contributed by atoms with E-state index in [0.29, 0.717) is 0 Å². The number of primary amides is 1. The third kappa shape index (κ3) is 5.75. The zero-order valence-corrected chi connectivity index (χ0v) is 19.2. The minimum atomic E-state index is -4.41. The number of hydrogen-bond acceptors (Lipinski definition) is 10. The molecule has 0 aliphatic carbocycles. The molecule has 0 aliphatic rings. The highest BCUT2D eigenvalue weighted by atomic mass is 32.2. The Balaban J connectivity index is 2.04. The third-order valence-corrected chi connectivity index (χ3v) is 6.70. The summed E-state index contributed by atoms with van der Waals surface area (Å²) in [6.45, 7) is 3.54. The maximum atomic E-state index is 12.7. The lowest BCUT2D eigenvalue weighted by molar-refractivity contribution is -0.117. The summed E-state index contributed by atoms with van der Waals surface area (Å²) in [6, 6.07) is 11.5. The number of hydrogen-bond donors (Lipinski definition) is 2. The molecule has 11 nitrogen and oxygen atoms in total. The highest BCUT2D eigenvalue weighted by molar-refractivity contribution is 7.87. The van der Waals surface area contributed by atoms with Gasteiger partial charge in [-0.1, -0.05) is 35.4 Å². The maximum Gasteiger partial charge on any atom is 0.340 e. The lowest BCUT2D eigenvalue weighted by Gasteiger charge is -2.13. The van der Waals surface area contributed by atoms with Crippen LogP contribution in [-0.2, 0) is 31.5 Å². The number of amides is 1. The van der Waals surface area contributed by atoms with E-state index in [1.165, 1.54) is 24.3 Å². The van der Waals surface area contributed by atoms with Crippen LogP contribution in [0.3, 0.4) is 0 Å². The third-order valence-electron chi connectivity index (χ3n) is 4.25. The standard InChI is InChI=1S/C20H20N4O7S2/c1-12-3-7-14(8-4-12)32(26,27)30-19-18(22)20(24-17(23-19)11-16(21)25)31-33(28,29)15-9-5-13(2)6-10-15/h3-10H,11,22H2,1-2H3,(H2,21,25). The molecule has 4 N–H and O–H groups in total. The smallest absolute Gasteiger partial charge is 0.340 e. The van der Waals surface area contributed by atoms with Crippen molar-refractivity contribution < 1.29 is 30.0 Å². The molecule has 3 aromatic rings. The molecule has 0 saturated heterocycles. The number of nitrogens with zero attached hydrogens (tertiary/aromatic N) is 2. The Hall–Kier alpha value is -3.71. The average molecular weight is 493 g/mol. The van der Waals surface area contributed by atoms with Crippen molar-refractivity contribution in [2.75, 3.05) is 5.73 Å². The molecular weight excluding hydrogens is 472 g/mol. The fourth-order valence-corrected chi connectivity index (χ4v) is 4.35. The number of nitrogen functional groups attached to an aromatic ring is 1. The van der Waals surface area contributed by atoms with Crippen LogP contribution in [0.5, 0.6) is 11.8 Å². The zero-order valence-electron chi connectivity index (χ0n) is 17.5. The number of aromatic nitrogens is 2. The monoisotopic (exact) mass is 492 g/mol. The predicted octanol–water partition coefficient (Wildman–Crippen LogP) is 1.24. The maximum absolute atomic E-state index is 12.7. The van der Waals surface area contributed by atoms with Crippen molar-refractivity contribution in [1.29, 1.82) is 0 Å². The van der Waals surface area contributed by atoms with Crippen LogP contribution < -0.4 is 19.8 Å². The van der Waals surface area contributed by atoms with E-state index in [9.17, 15) is 21.6 Å². The molecule has 0 radical (unpaired) electrons. The Bertz CT molecular complexity index is 1310. The van der Waals surface area contributed by atoms with E-state index < -0.39 is 50.0 Å². The van der Waals surface area contributed by atoms with Gasteiger partial charge in [-0.15, -0.1) is 0 Å². The Labute approximate surface area is 190 Å². The first kappa shape index (κ1) is 23.9. The Morgan fingerprint density at radius 1 is 0.788 bits per heavy atom. The molecule has 0 atom stereocenters. The van der Waals surface area contributed by atoms with Crippen molar-refractivity contribution in [2.45, 2.75) is 30.1 Å². The second-order valence-electron chi connectivity index (χ2n) is 7.01. The van der Waals surface area contributed by atoms with E-state index in [0.717, 1.165) is 11.1 Å². The van der Waals surface area contributed by atoms with Gasteiger partial charge in [-0.3, -0.25) is 4.79 Å². The van der Waals surface area contributed by atoms with Gasteiger partial charge in [0.05, 0.1) is 6.42 Å². The van der Waals surface area contributed by atoms with Crippen molar-refractivity contribution in [3.8, 4) is 11.8 Å². The summed E-state index contributed by atoms with van der Waals surface area (Å²) in [7, 11) is -8.81. The molecule has 33 heavy (non-hydrogen) atoms. The van der Waals surface area contributed by atoms with Crippen molar-refractivity contribution in [2.24, 2.45) is 5.73 Å². The zero-order chi connectivity index (χ0) is 24.4. The molecule has 2 aromatic carbocycles. The highest BCUT2D eigenvalue weighted by Gasteiger charge is 2.26. The summed E-state index contributed by atoms with van der Waals surface area (Å²) in [5.41, 5.74) is 12.1. The molecule has 1 amide bonds. The minimum Gasteiger partial charge on any atom is -0.390 e. The Morgan fingerprint density at radius 3 is 1.48 bits per heavy atom. The van der Waals surface area contributed by atoms with E-state index in [4.69, 9.17) is 19.8 Å². The van der Waals surface area contributed by atoms with Gasteiger partial charge in [0, 0.05) is 0 Å². The molecule has 0 spiro atoms. The van der Waals surface area contributed by atoms with E-state index in [2.05, 4.69) is 9.97 Å². The Morgan fingerprint density at radius 2 is 1.15 bits per heavy atom. The molecule has 13 heteroatoms. The van der Waals surface area contributed by atoms with Gasteiger partial charge in [-0.25, -0.2) is 0 Å². The molecule has 0 fully saturated rings. The number of nitrogens with two attached hydrogens (primary N) is 2. The van der Waals surface area contributed by atoms with Crippen LogP contribution in [0.4, 0.5) is 5.69 Å². The Kier molecular flexibility index (Phi) is 6.56. The van der Waals surface area contributed by atoms with Crippen LogP contribution in [0, 0.1) is 13.8 Å². The normalized spacial score (nSPS) is 11.7. The molecule has 0 unspecified atom stereocenters. The van der Waals surface area contributed by atoms with Crippen LogP contribution in [0.15, 0.2) is 58.3 Å². The molecule has 1 aromatic heterocycles. The molecule has 3 rings (SSSR count). The number of aryl methyl sites for hydroxylation is 2. The first-order valence-electron chi connectivity index (χ1n) is 9.34. The SMILES string of the molecule is Cc1ccc(S(=O)(=O)Oc2nc(CC(N)=O)nc(OS(=O)(=O)c3ccc(C)cc3)c2N)cc1. The second kappa shape index (κ2) is 9.03. The topological polar surface area (TPSA) is 182 Å². The summed E-state index contributed by atoms with van der Waals surface area (Å²) in [5.74, 6) is -2.63. The summed E-state index contributed by atoms with van der Waals surface area (Å²) < 4.78 is 60.7. The van der Waals surface area contributed by atoms with Crippen LogP contribution in [0.1, 0.15) is 17.0 Å². The van der Waals surface area contributed by atoms with E-state index in [1.807, 2.05) is 0 Å². The van der Waals surface area contributed by atoms with Crippen molar-refractivity contribution in [3.63, 3.8) is 0 Å². The number of carbonyl (C=O) groups excluding carboxylic acids is 1. The van der Waals surface area contributed by atoms with Gasteiger partial charge in [0.15, 0.2) is 5.69 Å². The van der Waals surface area contributed by atoms with Crippen molar-refractivity contribution >= 4 is 31.8 Å². The number of carbonyl (C=O) groups is 1. The average Bonchev–Trinajstić information content (AvgIpc) is 2.71. The fourth-order valence-electron chi connectivity index (χ4n) is 2.55.